The lowest BCUT2D eigenvalue weighted by Gasteiger charge is -2.16. The second-order valence-corrected chi connectivity index (χ2v) is 6.37. The molecule has 0 aliphatic carbocycles. The molecule has 1 fully saturated rings. The smallest absolute Gasteiger partial charge is 0.328 e. The molecule has 6 nitrogen and oxygen atoms in total. The van der Waals surface area contributed by atoms with Crippen molar-refractivity contribution in [2.75, 3.05) is 0 Å². The zero-order chi connectivity index (χ0) is 20.4. The van der Waals surface area contributed by atoms with Gasteiger partial charge in [0.25, 0.3) is 11.8 Å². The minimum absolute atomic E-state index is 0.0297. The van der Waals surface area contributed by atoms with Crippen LogP contribution in [0, 0.1) is 5.82 Å². The average Bonchev–Trinajstić information content (AvgIpc) is 2.70. The van der Waals surface area contributed by atoms with Crippen LogP contribution in [0.4, 0.5) is 9.18 Å². The molecule has 29 heavy (non-hydrogen) atoms. The van der Waals surface area contributed by atoms with Gasteiger partial charge in [-0.3, -0.25) is 20.2 Å². The number of urea groups is 1. The van der Waals surface area contributed by atoms with Crippen molar-refractivity contribution in [3.63, 3.8) is 0 Å². The number of rotatable bonds is 4. The van der Waals surface area contributed by atoms with Gasteiger partial charge < -0.3 is 4.74 Å². The van der Waals surface area contributed by atoms with E-state index >= 15 is 0 Å². The van der Waals surface area contributed by atoms with Crippen LogP contribution < -0.4 is 15.4 Å². The highest BCUT2D eigenvalue weighted by Gasteiger charge is 2.28. The summed E-state index contributed by atoms with van der Waals surface area (Å²) in [5, 5.41) is 5.69. The summed E-state index contributed by atoms with van der Waals surface area (Å²) in [4.78, 5) is 35.6. The van der Waals surface area contributed by atoms with Crippen LogP contribution in [0.25, 0.3) is 16.8 Å². The van der Waals surface area contributed by atoms with Crippen LogP contribution in [-0.4, -0.2) is 17.8 Å². The minimum atomic E-state index is -0.869. The van der Waals surface area contributed by atoms with Crippen molar-refractivity contribution in [1.82, 2.24) is 10.6 Å². The van der Waals surface area contributed by atoms with Gasteiger partial charge in [-0.1, -0.05) is 48.5 Å². The third-order valence-electron chi connectivity index (χ3n) is 4.50. The molecule has 7 heteroatoms. The van der Waals surface area contributed by atoms with Crippen molar-refractivity contribution in [2.24, 2.45) is 0 Å². The molecule has 0 saturated carbocycles. The van der Waals surface area contributed by atoms with E-state index in [1.54, 1.807) is 24.3 Å². The van der Waals surface area contributed by atoms with E-state index in [1.165, 1.54) is 12.1 Å². The summed E-state index contributed by atoms with van der Waals surface area (Å²) in [6, 6.07) is 16.3. The number of hydrogen-bond acceptors (Lipinski definition) is 4. The van der Waals surface area contributed by atoms with E-state index < -0.39 is 23.7 Å². The lowest BCUT2D eigenvalue weighted by atomic mass is 10.00. The topological polar surface area (TPSA) is 84.5 Å². The first-order chi connectivity index (χ1) is 14.0. The standard InChI is InChI=1S/C22H15FN2O4/c23-18-8-4-2-6-14(18)12-29-19-10-9-13-5-1-3-7-15(13)16(19)11-17-20(26)24-22(28)25-21(17)27/h1-11H,12H2,(H2,24,25,26,27,28). The van der Waals surface area contributed by atoms with E-state index in [2.05, 4.69) is 0 Å². The minimum Gasteiger partial charge on any atom is -0.488 e. The van der Waals surface area contributed by atoms with Crippen molar-refractivity contribution in [3.05, 3.63) is 83.2 Å². The first-order valence-corrected chi connectivity index (χ1v) is 8.79. The summed E-state index contributed by atoms with van der Waals surface area (Å²) in [7, 11) is 0. The van der Waals surface area contributed by atoms with Gasteiger partial charge in [-0.25, -0.2) is 9.18 Å². The number of imide groups is 2. The summed E-state index contributed by atoms with van der Waals surface area (Å²) in [6.45, 7) is -0.0297. The van der Waals surface area contributed by atoms with Gasteiger partial charge in [-0.15, -0.1) is 0 Å². The zero-order valence-corrected chi connectivity index (χ0v) is 15.1. The molecule has 0 bridgehead atoms. The van der Waals surface area contributed by atoms with Crippen LogP contribution in [0.3, 0.4) is 0 Å². The quantitative estimate of drug-likeness (QED) is 0.529. The normalized spacial score (nSPS) is 13.8. The lowest BCUT2D eigenvalue weighted by Crippen LogP contribution is -2.51. The van der Waals surface area contributed by atoms with Gasteiger partial charge in [-0.2, -0.15) is 0 Å². The molecule has 1 aliphatic rings. The zero-order valence-electron chi connectivity index (χ0n) is 15.1. The predicted molar refractivity (Wildman–Crippen MR) is 104 cm³/mol. The fraction of sp³-hybridized carbons (Fsp3) is 0.0455. The maximum Gasteiger partial charge on any atom is 0.328 e. The van der Waals surface area contributed by atoms with E-state index in [9.17, 15) is 18.8 Å². The second-order valence-electron chi connectivity index (χ2n) is 6.37. The Morgan fingerprint density at radius 3 is 2.31 bits per heavy atom. The first kappa shape index (κ1) is 18.4. The van der Waals surface area contributed by atoms with E-state index in [4.69, 9.17) is 4.74 Å². The van der Waals surface area contributed by atoms with Crippen LogP contribution in [0.5, 0.6) is 5.75 Å². The second kappa shape index (κ2) is 7.55. The van der Waals surface area contributed by atoms with Crippen molar-refractivity contribution in [3.8, 4) is 5.75 Å². The summed E-state index contributed by atoms with van der Waals surface area (Å²) < 4.78 is 19.8. The number of halogens is 1. The lowest BCUT2D eigenvalue weighted by molar-refractivity contribution is -0.123. The van der Waals surface area contributed by atoms with Gasteiger partial charge in [0.05, 0.1) is 0 Å². The third kappa shape index (κ3) is 3.70. The van der Waals surface area contributed by atoms with Gasteiger partial charge in [0.1, 0.15) is 23.7 Å². The molecule has 1 saturated heterocycles. The fourth-order valence-corrected chi connectivity index (χ4v) is 3.07. The number of barbiturate groups is 1. The number of carbonyl (C=O) groups excluding carboxylic acids is 3. The van der Waals surface area contributed by atoms with Crippen LogP contribution in [0.2, 0.25) is 0 Å². The summed E-state index contributed by atoms with van der Waals surface area (Å²) in [6.07, 6.45) is 1.37. The van der Waals surface area contributed by atoms with Crippen LogP contribution >= 0.6 is 0 Å². The fourth-order valence-electron chi connectivity index (χ4n) is 3.07. The van der Waals surface area contributed by atoms with Gasteiger partial charge in [0.2, 0.25) is 0 Å². The maximum absolute atomic E-state index is 13.9. The van der Waals surface area contributed by atoms with E-state index in [-0.39, 0.29) is 12.2 Å². The Kier molecular flexibility index (Phi) is 4.78. The van der Waals surface area contributed by atoms with Gasteiger partial charge in [0.15, 0.2) is 0 Å². The van der Waals surface area contributed by atoms with Crippen LogP contribution in [0.1, 0.15) is 11.1 Å². The number of benzene rings is 3. The molecule has 0 spiro atoms. The van der Waals surface area contributed by atoms with Crippen molar-refractivity contribution in [2.45, 2.75) is 6.61 Å². The van der Waals surface area contributed by atoms with Crippen molar-refractivity contribution >= 4 is 34.7 Å². The Morgan fingerprint density at radius 2 is 1.55 bits per heavy atom. The molecular formula is C22H15FN2O4. The Bertz CT molecular complexity index is 1160. The molecular weight excluding hydrogens is 375 g/mol. The molecule has 4 rings (SSSR count). The molecule has 0 atom stereocenters. The molecule has 1 aliphatic heterocycles. The highest BCUT2D eigenvalue weighted by molar-refractivity contribution is 6.31. The average molecular weight is 390 g/mol. The number of hydrogen-bond donors (Lipinski definition) is 2. The molecule has 0 aromatic heterocycles. The third-order valence-corrected chi connectivity index (χ3v) is 4.50. The SMILES string of the molecule is O=C1NC(=O)C(=Cc2c(OCc3ccccc3F)ccc3ccccc23)C(=O)N1. The van der Waals surface area contributed by atoms with Crippen LogP contribution in [-0.2, 0) is 16.2 Å². The Labute approximate surface area is 165 Å². The van der Waals surface area contributed by atoms with Crippen molar-refractivity contribution in [1.29, 1.82) is 0 Å². The van der Waals surface area contributed by atoms with Gasteiger partial charge in [-0.05, 0) is 29.0 Å². The summed E-state index contributed by atoms with van der Waals surface area (Å²) in [5.74, 6) is -1.62. The number of ether oxygens (including phenoxy) is 1. The number of nitrogens with one attached hydrogen (secondary N) is 2. The molecule has 144 valence electrons. The maximum atomic E-state index is 13.9. The van der Waals surface area contributed by atoms with E-state index in [0.29, 0.717) is 16.9 Å². The number of amides is 4. The first-order valence-electron chi connectivity index (χ1n) is 8.79. The summed E-state index contributed by atoms with van der Waals surface area (Å²) >= 11 is 0. The molecule has 4 amide bonds. The number of carbonyl (C=O) groups is 3. The molecule has 3 aromatic rings. The van der Waals surface area contributed by atoms with Crippen LogP contribution in [0.15, 0.2) is 66.2 Å². The summed E-state index contributed by atoms with van der Waals surface area (Å²) in [5.41, 5.74) is 0.629. The monoisotopic (exact) mass is 390 g/mol. The van der Waals surface area contributed by atoms with E-state index in [0.717, 1.165) is 10.8 Å². The van der Waals surface area contributed by atoms with Gasteiger partial charge in [0, 0.05) is 11.1 Å². The predicted octanol–water partition coefficient (Wildman–Crippen LogP) is 3.31. The van der Waals surface area contributed by atoms with Crippen molar-refractivity contribution < 1.29 is 23.5 Å². The van der Waals surface area contributed by atoms with Gasteiger partial charge >= 0.3 is 6.03 Å². The largest absolute Gasteiger partial charge is 0.488 e. The molecule has 1 heterocycles. The highest BCUT2D eigenvalue weighted by atomic mass is 19.1. The molecule has 3 aromatic carbocycles. The molecule has 2 N–H and O–H groups in total. The highest BCUT2D eigenvalue weighted by Crippen LogP contribution is 2.31. The Balaban J connectivity index is 1.78. The molecule has 0 radical (unpaired) electrons. The number of fused-ring (bicyclic) bond motifs is 1. The molecule has 0 unspecified atom stereocenters. The van der Waals surface area contributed by atoms with E-state index in [1.807, 2.05) is 41.0 Å². The Hall–Kier alpha value is -4.00. The Morgan fingerprint density at radius 1 is 0.862 bits per heavy atom.